The van der Waals surface area contributed by atoms with E-state index in [-0.39, 0.29) is 85.7 Å². The average Bonchev–Trinajstić information content (AvgIpc) is 0.850. The molecule has 4 fully saturated rings. The number of fused-ring (bicyclic) bond motifs is 4. The van der Waals surface area contributed by atoms with Crippen molar-refractivity contribution in [3.05, 3.63) is 47.6 Å². The van der Waals surface area contributed by atoms with Crippen LogP contribution in [-0.2, 0) is 57.0 Å². The van der Waals surface area contributed by atoms with Crippen LogP contribution in [0, 0.1) is 47.3 Å². The van der Waals surface area contributed by atoms with Gasteiger partial charge in [0.15, 0.2) is 0 Å². The highest BCUT2D eigenvalue weighted by Gasteiger charge is 2.43. The van der Waals surface area contributed by atoms with Crippen molar-refractivity contribution < 1.29 is 97.8 Å². The van der Waals surface area contributed by atoms with Crippen molar-refractivity contribution in [3.8, 4) is 0 Å². The number of allylic oxidation sites excluding steroid dienone is 4. The highest BCUT2D eigenvalue weighted by Crippen LogP contribution is 2.37. The molecule has 98 heavy (non-hydrogen) atoms. The minimum Gasteiger partial charge on any atom is -0.458 e. The van der Waals surface area contributed by atoms with Gasteiger partial charge in [-0.05, 0) is 168 Å². The summed E-state index contributed by atoms with van der Waals surface area (Å²) in [5, 5.41) is 94.6. The van der Waals surface area contributed by atoms with Gasteiger partial charge < -0.3 is 88.2 Å². The molecule has 8 N–H and O–H groups in total. The first-order valence-electron chi connectivity index (χ1n) is 37.7. The maximum atomic E-state index is 13.9. The molecule has 0 aromatic rings. The number of esters is 2. The van der Waals surface area contributed by atoms with Gasteiger partial charge in [0.1, 0.15) is 12.2 Å². The fraction of sp³-hybridized carbons (Fsp3) is 0.872. The van der Waals surface area contributed by atoms with Crippen LogP contribution >= 0.6 is 0 Å². The number of hydrogen-bond donors (Lipinski definition) is 8. The Kier molecular flexibility index (Phi) is 38.1. The molecule has 0 saturated carbocycles. The van der Waals surface area contributed by atoms with Crippen LogP contribution in [0.15, 0.2) is 47.6 Å². The van der Waals surface area contributed by atoms with Crippen molar-refractivity contribution in [1.82, 2.24) is 0 Å². The van der Waals surface area contributed by atoms with Gasteiger partial charge in [-0.1, -0.05) is 90.8 Å². The molecule has 5 aliphatic rings. The third-order valence-electron chi connectivity index (χ3n) is 23.0. The number of carbonyl (C=O) groups is 2. The van der Waals surface area contributed by atoms with Crippen LogP contribution < -0.4 is 0 Å². The predicted octanol–water partition coefficient (Wildman–Crippen LogP) is 10.6. The molecular formula is C78H136O20. The van der Waals surface area contributed by atoms with Crippen molar-refractivity contribution >= 4 is 11.9 Å². The van der Waals surface area contributed by atoms with Crippen LogP contribution in [0.25, 0.3) is 0 Å². The molecule has 0 spiro atoms. The monoisotopic (exact) mass is 1390 g/mol. The zero-order valence-electron chi connectivity index (χ0n) is 62.8. The molecule has 5 aliphatic heterocycles. The van der Waals surface area contributed by atoms with Gasteiger partial charge in [-0.3, -0.25) is 0 Å². The zero-order valence-corrected chi connectivity index (χ0v) is 62.8. The fourth-order valence-electron chi connectivity index (χ4n) is 16.0. The first-order valence-corrected chi connectivity index (χ1v) is 37.7. The Morgan fingerprint density at radius 2 is 0.776 bits per heavy atom. The van der Waals surface area contributed by atoms with E-state index >= 15 is 0 Å². The number of rotatable bonds is 16. The van der Waals surface area contributed by atoms with Crippen molar-refractivity contribution in [1.29, 1.82) is 0 Å². The van der Waals surface area contributed by atoms with Gasteiger partial charge in [0.2, 0.25) is 0 Å². The first-order chi connectivity index (χ1) is 46.4. The van der Waals surface area contributed by atoms with Gasteiger partial charge in [0.25, 0.3) is 0 Å². The summed E-state index contributed by atoms with van der Waals surface area (Å²) in [4.78, 5) is 27.8. The molecule has 20 heteroatoms. The van der Waals surface area contributed by atoms with E-state index in [9.17, 15) is 50.4 Å². The molecule has 20 nitrogen and oxygen atoms in total. The summed E-state index contributed by atoms with van der Waals surface area (Å²) in [6.07, 6.45) is 11.3. The summed E-state index contributed by atoms with van der Waals surface area (Å²) in [7, 11) is 6.63. The fourth-order valence-corrected chi connectivity index (χ4v) is 16.0. The van der Waals surface area contributed by atoms with E-state index in [1.54, 1.807) is 54.4 Å². The van der Waals surface area contributed by atoms with Crippen LogP contribution in [0.2, 0.25) is 0 Å². The van der Waals surface area contributed by atoms with Crippen LogP contribution in [0.3, 0.4) is 0 Å². The number of aliphatic hydroxyl groups is 8. The number of aliphatic hydroxyl groups excluding tert-OH is 8. The quantitative estimate of drug-likeness (QED) is 0.0667. The topological polar surface area (TPSA) is 288 Å². The second-order valence-corrected chi connectivity index (χ2v) is 31.0. The highest BCUT2D eigenvalue weighted by molar-refractivity contribution is 5.83. The van der Waals surface area contributed by atoms with Crippen LogP contribution in [0.5, 0.6) is 0 Å². The molecule has 0 aromatic carbocycles. The number of methoxy groups -OCH3 is 4. The summed E-state index contributed by atoms with van der Waals surface area (Å²) in [6, 6.07) is 0. The second kappa shape index (κ2) is 43.5. The standard InChI is InChI=1S/C78H136O20/c1-45-23-29-57(79)37-59-19-17-21-61(95-59)41-71(91-15)52(8)68(82)44-70(84)54(10)78(56(12)76(88)48(4)28-32-64-40-66(90-14)36-50(6)94-64)98-74(86)34-26-46(2)24-30-58(80)38-60-20-18-22-62(96-60)42-72(92-16)51(7)67(81)43-69(83)53(9)77(97-73(85)33-25-45)55(11)75(87)47(3)27-31-63-39-65(89-13)35-49(5)93-63/h23-26,33-34,47-72,75-84,87-88H,17-22,27-32,35-44H2,1-16H3/b33-25-,34-26-,45-23-,46-24-/t47-,48-,49-,50-,51-,52-,53-,54-,55-,56-,57+,58+,59-,60-,61-,62-,63-,64-,65+,66+,67-,68-,69+,70+,71-,72?,75-,76-,77-,78-/m0/s1. The predicted molar refractivity (Wildman–Crippen MR) is 378 cm³/mol. The van der Waals surface area contributed by atoms with Crippen LogP contribution in [-0.4, -0.2) is 216 Å². The van der Waals surface area contributed by atoms with E-state index in [1.807, 2.05) is 81.4 Å². The number of cyclic esters (lactones) is 2. The third-order valence-corrected chi connectivity index (χ3v) is 23.0. The Balaban J connectivity index is 1.36. The lowest BCUT2D eigenvalue weighted by molar-refractivity contribution is -0.159. The number of carbonyl (C=O) groups excluding carboxylic acids is 2. The first kappa shape index (κ1) is 85.9. The van der Waals surface area contributed by atoms with Crippen molar-refractivity contribution in [2.24, 2.45) is 47.3 Å². The molecule has 568 valence electrons. The molecular weight excluding hydrogens is 1260 g/mol. The van der Waals surface area contributed by atoms with Crippen molar-refractivity contribution in [3.63, 3.8) is 0 Å². The van der Waals surface area contributed by atoms with Crippen LogP contribution in [0.1, 0.15) is 224 Å². The largest absolute Gasteiger partial charge is 0.458 e. The Bertz CT molecular complexity index is 2230. The summed E-state index contributed by atoms with van der Waals surface area (Å²) in [5.74, 6) is -5.35. The molecule has 4 saturated heterocycles. The van der Waals surface area contributed by atoms with Gasteiger partial charge in [0.05, 0.1) is 122 Å². The highest BCUT2D eigenvalue weighted by atomic mass is 16.6. The Morgan fingerprint density at radius 1 is 0.439 bits per heavy atom. The molecule has 0 aliphatic carbocycles. The van der Waals surface area contributed by atoms with Gasteiger partial charge >= 0.3 is 11.9 Å². The minimum atomic E-state index is -1.15. The van der Waals surface area contributed by atoms with Crippen LogP contribution in [0.4, 0.5) is 0 Å². The number of ether oxygens (including phenoxy) is 10. The summed E-state index contributed by atoms with van der Waals surface area (Å²) >= 11 is 0. The van der Waals surface area contributed by atoms with E-state index < -0.39 is 121 Å². The van der Waals surface area contributed by atoms with Gasteiger partial charge in [-0.2, -0.15) is 0 Å². The van der Waals surface area contributed by atoms with Crippen molar-refractivity contribution in [2.75, 3.05) is 28.4 Å². The summed E-state index contributed by atoms with van der Waals surface area (Å²) < 4.78 is 61.6. The minimum absolute atomic E-state index is 0.0231. The molecule has 0 aromatic heterocycles. The zero-order chi connectivity index (χ0) is 72.5. The maximum Gasteiger partial charge on any atom is 0.331 e. The lowest BCUT2D eigenvalue weighted by Gasteiger charge is -2.38. The average molecular weight is 1390 g/mol. The number of hydrogen-bond acceptors (Lipinski definition) is 20. The van der Waals surface area contributed by atoms with Gasteiger partial charge in [-0.15, -0.1) is 0 Å². The van der Waals surface area contributed by atoms with Gasteiger partial charge in [0, 0.05) is 88.9 Å². The van der Waals surface area contributed by atoms with Gasteiger partial charge in [-0.25, -0.2) is 9.59 Å². The Hall–Kier alpha value is -2.74. The Labute approximate surface area is 589 Å². The van der Waals surface area contributed by atoms with E-state index in [0.29, 0.717) is 75.4 Å². The third kappa shape index (κ3) is 28.4. The molecule has 5 heterocycles. The summed E-state index contributed by atoms with van der Waals surface area (Å²) in [5.41, 5.74) is 1.43. The van der Waals surface area contributed by atoms with E-state index in [1.165, 1.54) is 12.2 Å². The summed E-state index contributed by atoms with van der Waals surface area (Å²) in [6.45, 7) is 22.7. The smallest absolute Gasteiger partial charge is 0.331 e. The molecule has 0 radical (unpaired) electrons. The van der Waals surface area contributed by atoms with E-state index in [2.05, 4.69) is 0 Å². The lowest BCUT2D eigenvalue weighted by Crippen LogP contribution is -2.45. The lowest BCUT2D eigenvalue weighted by atomic mass is 9.78. The normalized spacial score (nSPS) is 41.4. The SMILES string of the molecule is COC1C[C@@H]2CCC[C@@H](C[C@H](O)C/C=C(C)\C=C/C(=O)O[C@H]([C@@H](C)[C@@H](O)[C@@H](C)CC[C@H]3C[C@H](OC)C[C@H](C)O3)[C@@H](C)[C@H](O)C[C@H](O)[C@H](C)[C@@H](OC)C[C@@H]3CCC[C@@H](C[C@H](O)C/C=C(C)\C=C/C(=O)O[C@H]([C@@H](C)[C@@H](O)[C@@H](C)CC[C@H]4C[C@H](OC)C[C@H](C)O4)[C@@H](C)[C@H](O)C[C@H](O)[C@@H]1C)O3)O2. The molecule has 5 rings (SSSR count). The van der Waals surface area contributed by atoms with E-state index in [4.69, 9.17) is 47.4 Å². The molecule has 1 unspecified atom stereocenters. The Morgan fingerprint density at radius 3 is 1.11 bits per heavy atom. The second-order valence-electron chi connectivity index (χ2n) is 31.0. The molecule has 30 atom stereocenters. The molecule has 0 amide bonds. The van der Waals surface area contributed by atoms with E-state index in [0.717, 1.165) is 64.2 Å². The van der Waals surface area contributed by atoms with Crippen molar-refractivity contribution in [2.45, 2.75) is 359 Å². The molecule has 4 bridgehead atoms. The maximum absolute atomic E-state index is 13.9.